The highest BCUT2D eigenvalue weighted by Crippen LogP contribution is 2.48. The van der Waals surface area contributed by atoms with Crippen LogP contribution >= 0.6 is 0 Å². The fourth-order valence-corrected chi connectivity index (χ4v) is 2.96. The first kappa shape index (κ1) is 17.5. The topological polar surface area (TPSA) is 49.3 Å². The predicted molar refractivity (Wildman–Crippen MR) is 86.3 cm³/mol. The molecule has 0 bridgehead atoms. The smallest absolute Gasteiger partial charge is 0.222 e. The lowest BCUT2D eigenvalue weighted by Crippen LogP contribution is -2.33. The van der Waals surface area contributed by atoms with Crippen molar-refractivity contribution in [3.8, 4) is 0 Å². The summed E-state index contributed by atoms with van der Waals surface area (Å²) in [4.78, 5) is 12.0. The second-order valence-electron chi connectivity index (χ2n) is 6.46. The third-order valence-corrected chi connectivity index (χ3v) is 4.59. The van der Waals surface area contributed by atoms with Crippen LogP contribution in [0.3, 0.4) is 0 Å². The number of hydrogen-bond acceptors (Lipinski definition) is 2. The highest BCUT2D eigenvalue weighted by atomic mass is 19.1. The molecule has 2 aromatic carbocycles. The Morgan fingerprint density at radius 3 is 2.48 bits per heavy atom. The summed E-state index contributed by atoms with van der Waals surface area (Å²) in [5.41, 5.74) is 0.192. The summed E-state index contributed by atoms with van der Waals surface area (Å²) >= 11 is 0. The van der Waals surface area contributed by atoms with Crippen LogP contribution in [-0.4, -0.2) is 17.6 Å². The van der Waals surface area contributed by atoms with Gasteiger partial charge < -0.3 is 10.4 Å². The number of hydrogen-bond donors (Lipinski definition) is 2. The number of carbonyl (C=O) groups is 1. The minimum absolute atomic E-state index is 0.213. The van der Waals surface area contributed by atoms with E-state index in [1.807, 2.05) is 0 Å². The monoisotopic (exact) mass is 349 g/mol. The number of aliphatic hydroxyl groups excluding tert-OH is 1. The van der Waals surface area contributed by atoms with Crippen LogP contribution in [0.15, 0.2) is 42.5 Å². The number of carbonyl (C=O) groups excluding carboxylic acids is 1. The maximum atomic E-state index is 14.0. The molecule has 1 atom stereocenters. The molecular formula is C19H18F3NO2. The van der Waals surface area contributed by atoms with Gasteiger partial charge in [-0.2, -0.15) is 0 Å². The number of rotatable bonds is 6. The Labute approximate surface area is 143 Å². The summed E-state index contributed by atoms with van der Waals surface area (Å²) in [5, 5.41) is 12.7. The van der Waals surface area contributed by atoms with Crippen molar-refractivity contribution in [3.05, 3.63) is 71.0 Å². The molecule has 0 aliphatic heterocycles. The first-order valence-electron chi connectivity index (χ1n) is 8.05. The molecule has 1 saturated carbocycles. The van der Waals surface area contributed by atoms with Crippen molar-refractivity contribution < 1.29 is 23.1 Å². The van der Waals surface area contributed by atoms with Crippen LogP contribution in [0, 0.1) is 17.5 Å². The van der Waals surface area contributed by atoms with E-state index >= 15 is 0 Å². The summed E-state index contributed by atoms with van der Waals surface area (Å²) in [6.07, 6.45) is 0.0594. The van der Waals surface area contributed by atoms with Crippen LogP contribution in [-0.2, 0) is 10.2 Å². The minimum Gasteiger partial charge on any atom is -0.388 e. The molecule has 3 rings (SSSR count). The van der Waals surface area contributed by atoms with Gasteiger partial charge in [0.2, 0.25) is 5.91 Å². The Kier molecular flexibility index (Phi) is 4.81. The summed E-state index contributed by atoms with van der Waals surface area (Å²) in [5.74, 6) is -2.16. The van der Waals surface area contributed by atoms with E-state index in [2.05, 4.69) is 5.32 Å². The van der Waals surface area contributed by atoms with Gasteiger partial charge in [0.1, 0.15) is 17.5 Å². The van der Waals surface area contributed by atoms with Crippen LogP contribution in [0.1, 0.15) is 36.5 Å². The van der Waals surface area contributed by atoms with Gasteiger partial charge in [0.05, 0.1) is 12.5 Å². The fourth-order valence-electron chi connectivity index (χ4n) is 2.96. The van der Waals surface area contributed by atoms with Crippen molar-refractivity contribution in [3.63, 3.8) is 0 Å². The Hall–Kier alpha value is -2.34. The van der Waals surface area contributed by atoms with Crippen molar-refractivity contribution in [1.29, 1.82) is 0 Å². The number of amides is 1. The number of benzene rings is 2. The average Bonchev–Trinajstić information content (AvgIpc) is 3.34. The van der Waals surface area contributed by atoms with Crippen LogP contribution in [0.5, 0.6) is 0 Å². The lowest BCUT2D eigenvalue weighted by molar-refractivity contribution is -0.123. The molecule has 0 heterocycles. The molecule has 6 heteroatoms. The van der Waals surface area contributed by atoms with Crippen LogP contribution in [0.25, 0.3) is 0 Å². The molecule has 1 fully saturated rings. The molecule has 1 amide bonds. The first-order chi connectivity index (χ1) is 11.9. The zero-order chi connectivity index (χ0) is 18.0. The van der Waals surface area contributed by atoms with Crippen molar-refractivity contribution in [2.75, 3.05) is 6.54 Å². The summed E-state index contributed by atoms with van der Waals surface area (Å²) < 4.78 is 40.1. The van der Waals surface area contributed by atoms with Gasteiger partial charge in [-0.05, 0) is 42.2 Å². The number of nitrogens with one attached hydrogen (secondary N) is 1. The van der Waals surface area contributed by atoms with E-state index in [0.29, 0.717) is 24.0 Å². The lowest BCUT2D eigenvalue weighted by Gasteiger charge is -2.18. The highest BCUT2D eigenvalue weighted by Gasteiger charge is 2.46. The highest BCUT2D eigenvalue weighted by molar-refractivity contribution is 5.76. The molecule has 132 valence electrons. The van der Waals surface area contributed by atoms with Gasteiger partial charge in [-0.3, -0.25) is 4.79 Å². The second-order valence-corrected chi connectivity index (χ2v) is 6.46. The van der Waals surface area contributed by atoms with Crippen LogP contribution in [0.4, 0.5) is 13.2 Å². The Balaban J connectivity index is 1.59. The molecule has 3 nitrogen and oxygen atoms in total. The molecule has 1 aliphatic carbocycles. The van der Waals surface area contributed by atoms with Crippen LogP contribution < -0.4 is 5.32 Å². The first-order valence-corrected chi connectivity index (χ1v) is 8.05. The van der Waals surface area contributed by atoms with Crippen molar-refractivity contribution in [2.45, 2.75) is 30.8 Å². The van der Waals surface area contributed by atoms with Gasteiger partial charge in [0.15, 0.2) is 0 Å². The summed E-state index contributed by atoms with van der Waals surface area (Å²) in [7, 11) is 0. The third kappa shape index (κ3) is 4.02. The number of aliphatic hydroxyl groups is 1. The SMILES string of the molecule is O=C(CC(O)c1cccc(F)c1)NCC1(c2ccc(F)cc2F)CC1. The fraction of sp³-hybridized carbons (Fsp3) is 0.316. The third-order valence-electron chi connectivity index (χ3n) is 4.59. The second kappa shape index (κ2) is 6.88. The molecule has 25 heavy (non-hydrogen) atoms. The molecule has 2 N–H and O–H groups in total. The minimum atomic E-state index is -1.12. The molecular weight excluding hydrogens is 331 g/mol. The summed E-state index contributed by atoms with van der Waals surface area (Å²) in [6, 6.07) is 8.88. The molecule has 1 unspecified atom stereocenters. The molecule has 2 aromatic rings. The maximum absolute atomic E-state index is 14.0. The van der Waals surface area contributed by atoms with E-state index in [1.54, 1.807) is 0 Å². The van der Waals surface area contributed by atoms with Crippen molar-refractivity contribution in [1.82, 2.24) is 5.32 Å². The van der Waals surface area contributed by atoms with Gasteiger partial charge in [-0.25, -0.2) is 13.2 Å². The predicted octanol–water partition coefficient (Wildman–Crippen LogP) is 3.38. The lowest BCUT2D eigenvalue weighted by atomic mass is 9.95. The number of halogens is 3. The molecule has 0 spiro atoms. The van der Waals surface area contributed by atoms with Gasteiger partial charge in [-0.15, -0.1) is 0 Å². The normalized spacial score (nSPS) is 16.3. The van der Waals surface area contributed by atoms with Gasteiger partial charge in [0, 0.05) is 18.0 Å². The molecule has 0 saturated heterocycles. The molecule has 0 aromatic heterocycles. The van der Waals surface area contributed by atoms with E-state index in [9.17, 15) is 23.1 Å². The largest absolute Gasteiger partial charge is 0.388 e. The van der Waals surface area contributed by atoms with Crippen LogP contribution in [0.2, 0.25) is 0 Å². The Morgan fingerprint density at radius 1 is 1.12 bits per heavy atom. The van der Waals surface area contributed by atoms with Gasteiger partial charge >= 0.3 is 0 Å². The van der Waals surface area contributed by atoms with Gasteiger partial charge in [0.25, 0.3) is 0 Å². The van der Waals surface area contributed by atoms with E-state index < -0.39 is 34.9 Å². The standard InChI is InChI=1S/C19H18F3NO2/c20-13-3-1-2-12(8-13)17(24)10-18(25)23-11-19(6-7-19)15-5-4-14(21)9-16(15)22/h1-5,8-9,17,24H,6-7,10-11H2,(H,23,25). The Bertz CT molecular complexity index is 790. The zero-order valence-corrected chi connectivity index (χ0v) is 13.4. The zero-order valence-electron chi connectivity index (χ0n) is 13.4. The summed E-state index contributed by atoms with van der Waals surface area (Å²) in [6.45, 7) is 0.213. The molecule has 1 aliphatic rings. The molecule has 0 radical (unpaired) electrons. The van der Waals surface area contributed by atoms with E-state index in [0.717, 1.165) is 6.07 Å². The van der Waals surface area contributed by atoms with Gasteiger partial charge in [-0.1, -0.05) is 18.2 Å². The van der Waals surface area contributed by atoms with Crippen molar-refractivity contribution in [2.24, 2.45) is 0 Å². The van der Waals surface area contributed by atoms with E-state index in [-0.39, 0.29) is 13.0 Å². The maximum Gasteiger partial charge on any atom is 0.222 e. The van der Waals surface area contributed by atoms with E-state index in [1.165, 1.54) is 36.4 Å². The Morgan fingerprint density at radius 2 is 1.84 bits per heavy atom. The average molecular weight is 349 g/mol. The van der Waals surface area contributed by atoms with E-state index in [4.69, 9.17) is 0 Å². The van der Waals surface area contributed by atoms with Crippen molar-refractivity contribution >= 4 is 5.91 Å². The quantitative estimate of drug-likeness (QED) is 0.840.